The van der Waals surface area contributed by atoms with Gasteiger partial charge in [0.15, 0.2) is 5.82 Å². The van der Waals surface area contributed by atoms with Gasteiger partial charge in [0.2, 0.25) is 0 Å². The second kappa shape index (κ2) is 8.38. The first kappa shape index (κ1) is 22.3. The van der Waals surface area contributed by atoms with Gasteiger partial charge in [-0.25, -0.2) is 15.0 Å². The number of nitrogens with one attached hydrogen (secondary N) is 1. The molecule has 2 aromatic heterocycles. The Kier molecular flexibility index (Phi) is 5.50. The van der Waals surface area contributed by atoms with Crippen LogP contribution in [-0.2, 0) is 6.18 Å². The van der Waals surface area contributed by atoms with Gasteiger partial charge in [0.05, 0.1) is 11.1 Å². The minimum atomic E-state index is -4.44. The van der Waals surface area contributed by atoms with E-state index in [4.69, 9.17) is 0 Å². The average molecular weight is 467 g/mol. The van der Waals surface area contributed by atoms with E-state index < -0.39 is 11.7 Å². The van der Waals surface area contributed by atoms with E-state index in [2.05, 4.69) is 20.3 Å². The normalized spacial score (nSPS) is 18.8. The average Bonchev–Trinajstić information content (AvgIpc) is 3.48. The number of carbonyl (C=O) groups excluding carboxylic acids is 1. The Morgan fingerprint density at radius 2 is 1.88 bits per heavy atom. The molecule has 9 heteroatoms. The number of hydrogen-bond donors (Lipinski definition) is 1. The molecule has 3 heterocycles. The molecule has 6 nitrogen and oxygen atoms in total. The van der Waals surface area contributed by atoms with E-state index in [0.29, 0.717) is 30.0 Å². The fraction of sp³-hybridized carbons (Fsp3) is 0.360. The molecule has 1 aliphatic carbocycles. The highest BCUT2D eigenvalue weighted by Gasteiger charge is 2.53. The monoisotopic (exact) mass is 467 g/mol. The molecule has 1 aromatic carbocycles. The fourth-order valence-electron chi connectivity index (χ4n) is 4.67. The van der Waals surface area contributed by atoms with Crippen LogP contribution in [0.4, 0.5) is 19.0 Å². The molecule has 0 bridgehead atoms. The third-order valence-corrected chi connectivity index (χ3v) is 6.65. The maximum atomic E-state index is 13.8. The summed E-state index contributed by atoms with van der Waals surface area (Å²) >= 11 is 0. The number of aromatic nitrogens is 3. The van der Waals surface area contributed by atoms with Crippen LogP contribution in [0.2, 0.25) is 0 Å². The lowest BCUT2D eigenvalue weighted by Gasteiger charge is -2.26. The van der Waals surface area contributed by atoms with Gasteiger partial charge in [-0.05, 0) is 55.9 Å². The molecular weight excluding hydrogens is 443 g/mol. The molecule has 2 aliphatic rings. The van der Waals surface area contributed by atoms with Crippen molar-refractivity contribution in [1.29, 1.82) is 0 Å². The van der Waals surface area contributed by atoms with Crippen molar-refractivity contribution in [1.82, 2.24) is 19.9 Å². The van der Waals surface area contributed by atoms with Crippen LogP contribution in [0.1, 0.15) is 40.7 Å². The van der Waals surface area contributed by atoms with Crippen LogP contribution in [0.25, 0.3) is 11.4 Å². The van der Waals surface area contributed by atoms with Crippen LogP contribution in [-0.4, -0.2) is 44.9 Å². The molecule has 5 rings (SSSR count). The fourth-order valence-corrected chi connectivity index (χ4v) is 4.67. The van der Waals surface area contributed by atoms with Crippen molar-refractivity contribution < 1.29 is 18.0 Å². The molecule has 1 unspecified atom stereocenters. The molecule has 3 aromatic rings. The predicted octanol–water partition coefficient (Wildman–Crippen LogP) is 4.97. The van der Waals surface area contributed by atoms with Gasteiger partial charge >= 0.3 is 6.18 Å². The number of hydrogen-bond acceptors (Lipinski definition) is 5. The quantitative estimate of drug-likeness (QED) is 0.574. The number of halogens is 3. The largest absolute Gasteiger partial charge is 0.416 e. The summed E-state index contributed by atoms with van der Waals surface area (Å²) in [5.74, 6) is 0.514. The molecule has 1 aliphatic heterocycles. The lowest BCUT2D eigenvalue weighted by Crippen LogP contribution is -2.40. The zero-order chi connectivity index (χ0) is 23.9. The van der Waals surface area contributed by atoms with Crippen molar-refractivity contribution in [2.75, 3.05) is 18.4 Å². The van der Waals surface area contributed by atoms with E-state index in [1.807, 2.05) is 30.0 Å². The Hall–Kier alpha value is -3.49. The SMILES string of the molecule is Cc1ccc(-c2ncccn2)c(C(=O)N2CC3(CC3)CC2CNc2cc(C(F)(F)F)ccn2)c1. The second-order valence-corrected chi connectivity index (χ2v) is 9.22. The standard InChI is InChI=1S/C25H24F3N5O/c1-16-3-4-19(22-30-8-2-9-31-22)20(11-16)23(34)33-15-24(6-7-24)13-18(33)14-32-21-12-17(5-10-29-21)25(26,27)28/h2-5,8-12,18H,6-7,13-15H2,1H3,(H,29,32). The van der Waals surface area contributed by atoms with E-state index in [-0.39, 0.29) is 23.2 Å². The molecule has 1 saturated heterocycles. The zero-order valence-electron chi connectivity index (χ0n) is 18.6. The molecule has 2 fully saturated rings. The molecule has 1 amide bonds. The summed E-state index contributed by atoms with van der Waals surface area (Å²) in [6, 6.07) is 9.15. The van der Waals surface area contributed by atoms with E-state index in [1.165, 1.54) is 0 Å². The van der Waals surface area contributed by atoms with Gasteiger partial charge in [0, 0.05) is 43.3 Å². The summed E-state index contributed by atoms with van der Waals surface area (Å²) in [7, 11) is 0. The van der Waals surface area contributed by atoms with Crippen molar-refractivity contribution in [2.45, 2.75) is 38.4 Å². The Labute approximate surface area is 195 Å². The summed E-state index contributed by atoms with van der Waals surface area (Å²) in [5, 5.41) is 3.03. The third kappa shape index (κ3) is 4.47. The second-order valence-electron chi connectivity index (χ2n) is 9.22. The minimum Gasteiger partial charge on any atom is -0.368 e. The third-order valence-electron chi connectivity index (χ3n) is 6.65. The predicted molar refractivity (Wildman–Crippen MR) is 121 cm³/mol. The zero-order valence-corrected chi connectivity index (χ0v) is 18.6. The number of likely N-dealkylation sites (tertiary alicyclic amines) is 1. The first-order chi connectivity index (χ1) is 16.2. The number of nitrogens with zero attached hydrogens (tertiary/aromatic N) is 4. The van der Waals surface area contributed by atoms with Gasteiger partial charge in [-0.1, -0.05) is 17.7 Å². The molecule has 1 spiro atoms. The highest BCUT2D eigenvalue weighted by molar-refractivity contribution is 6.00. The van der Waals surface area contributed by atoms with Crippen LogP contribution >= 0.6 is 0 Å². The number of anilines is 1. The minimum absolute atomic E-state index is 0.108. The van der Waals surface area contributed by atoms with Crippen molar-refractivity contribution in [3.63, 3.8) is 0 Å². The number of aryl methyl sites for hydroxylation is 1. The topological polar surface area (TPSA) is 71.0 Å². The maximum Gasteiger partial charge on any atom is 0.416 e. The summed E-state index contributed by atoms with van der Waals surface area (Å²) in [6.07, 6.45) is 2.90. The van der Waals surface area contributed by atoms with Crippen molar-refractivity contribution in [2.24, 2.45) is 5.41 Å². The highest BCUT2D eigenvalue weighted by atomic mass is 19.4. The van der Waals surface area contributed by atoms with Crippen molar-refractivity contribution in [3.8, 4) is 11.4 Å². The molecular formula is C25H24F3N5O. The van der Waals surface area contributed by atoms with Crippen LogP contribution in [0.15, 0.2) is 55.0 Å². The first-order valence-corrected chi connectivity index (χ1v) is 11.2. The number of benzene rings is 1. The van der Waals surface area contributed by atoms with E-state index in [0.717, 1.165) is 43.2 Å². The van der Waals surface area contributed by atoms with Crippen molar-refractivity contribution >= 4 is 11.7 Å². The Balaban J connectivity index is 1.40. The van der Waals surface area contributed by atoms with Crippen molar-refractivity contribution in [3.05, 3.63) is 71.7 Å². The van der Waals surface area contributed by atoms with Crippen LogP contribution in [0, 0.1) is 12.3 Å². The number of pyridine rings is 1. The summed E-state index contributed by atoms with van der Waals surface area (Å²) in [6.45, 7) is 2.89. The van der Waals surface area contributed by atoms with Crippen LogP contribution in [0.3, 0.4) is 0 Å². The van der Waals surface area contributed by atoms with Gasteiger partial charge in [-0.3, -0.25) is 4.79 Å². The van der Waals surface area contributed by atoms with Gasteiger partial charge in [-0.2, -0.15) is 13.2 Å². The van der Waals surface area contributed by atoms with Gasteiger partial charge < -0.3 is 10.2 Å². The Morgan fingerprint density at radius 3 is 2.59 bits per heavy atom. The smallest absolute Gasteiger partial charge is 0.368 e. The lowest BCUT2D eigenvalue weighted by molar-refractivity contribution is -0.137. The number of amides is 1. The van der Waals surface area contributed by atoms with E-state index in [9.17, 15) is 18.0 Å². The molecule has 0 radical (unpaired) electrons. The summed E-state index contributed by atoms with van der Waals surface area (Å²) < 4.78 is 39.2. The molecule has 1 atom stereocenters. The molecule has 1 saturated carbocycles. The lowest BCUT2D eigenvalue weighted by atomic mass is 10.0. The number of carbonyl (C=O) groups is 1. The van der Waals surface area contributed by atoms with Gasteiger partial charge in [0.25, 0.3) is 5.91 Å². The van der Waals surface area contributed by atoms with Crippen LogP contribution < -0.4 is 5.32 Å². The summed E-state index contributed by atoms with van der Waals surface area (Å²) in [5.41, 5.74) is 1.50. The molecule has 1 N–H and O–H groups in total. The van der Waals surface area contributed by atoms with E-state index >= 15 is 0 Å². The number of rotatable bonds is 5. The Morgan fingerprint density at radius 1 is 1.12 bits per heavy atom. The first-order valence-electron chi connectivity index (χ1n) is 11.2. The van der Waals surface area contributed by atoms with E-state index in [1.54, 1.807) is 18.5 Å². The summed E-state index contributed by atoms with van der Waals surface area (Å²) in [4.78, 5) is 28.3. The number of alkyl halides is 3. The van der Waals surface area contributed by atoms with Gasteiger partial charge in [-0.15, -0.1) is 0 Å². The van der Waals surface area contributed by atoms with Crippen LogP contribution in [0.5, 0.6) is 0 Å². The van der Waals surface area contributed by atoms with Gasteiger partial charge in [0.1, 0.15) is 5.82 Å². The Bertz CT molecular complexity index is 1210. The molecule has 176 valence electrons. The molecule has 34 heavy (non-hydrogen) atoms. The maximum absolute atomic E-state index is 13.8. The highest BCUT2D eigenvalue weighted by Crippen LogP contribution is 2.55.